The van der Waals surface area contributed by atoms with E-state index in [9.17, 15) is 24.5 Å². The molecule has 1 aliphatic heterocycles. The first-order valence-corrected chi connectivity index (χ1v) is 9.56. The Labute approximate surface area is 174 Å². The number of hydrogen-bond donors (Lipinski definition) is 2. The van der Waals surface area contributed by atoms with Crippen molar-refractivity contribution in [2.24, 2.45) is 5.92 Å². The van der Waals surface area contributed by atoms with Gasteiger partial charge in [0, 0.05) is 45.2 Å². The number of rotatable bonds is 7. The molecule has 1 saturated heterocycles. The summed E-state index contributed by atoms with van der Waals surface area (Å²) in [4.78, 5) is 49.4. The van der Waals surface area contributed by atoms with Crippen LogP contribution in [-0.2, 0) is 14.4 Å². The van der Waals surface area contributed by atoms with Crippen molar-refractivity contribution in [3.05, 3.63) is 40.0 Å². The summed E-state index contributed by atoms with van der Waals surface area (Å²) in [5.74, 6) is -1.99. The minimum Gasteiger partial charge on any atom is -0.480 e. The van der Waals surface area contributed by atoms with Crippen LogP contribution >= 0.6 is 0 Å². The van der Waals surface area contributed by atoms with E-state index in [0.717, 1.165) is 0 Å². The van der Waals surface area contributed by atoms with Crippen molar-refractivity contribution >= 4 is 35.2 Å². The molecule has 1 aliphatic rings. The molecule has 0 unspecified atom stereocenters. The lowest BCUT2D eigenvalue weighted by atomic mass is 9.95. The Bertz CT molecular complexity index is 859. The SMILES string of the molecule is C[C@H](NC(=O)C1CCN(C(=O)/C=C/c2ccc(N(C)C)c([N+](=O)[O-])c2)CC1)C(=O)O. The average Bonchev–Trinajstić information content (AvgIpc) is 2.71. The number of nitro groups is 1. The largest absolute Gasteiger partial charge is 0.480 e. The number of carboxylic acids is 1. The molecule has 30 heavy (non-hydrogen) atoms. The maximum atomic E-state index is 12.4. The number of carbonyl (C=O) groups excluding carboxylic acids is 2. The Hall–Kier alpha value is -3.43. The van der Waals surface area contributed by atoms with E-state index in [1.807, 2.05) is 0 Å². The summed E-state index contributed by atoms with van der Waals surface area (Å²) in [6.07, 6.45) is 3.78. The number of nitro benzene ring substituents is 1. The summed E-state index contributed by atoms with van der Waals surface area (Å²) >= 11 is 0. The highest BCUT2D eigenvalue weighted by Crippen LogP contribution is 2.28. The smallest absolute Gasteiger partial charge is 0.325 e. The summed E-state index contributed by atoms with van der Waals surface area (Å²) < 4.78 is 0. The van der Waals surface area contributed by atoms with Crippen LogP contribution in [-0.4, -0.2) is 65.9 Å². The Kier molecular flexibility index (Phi) is 7.51. The number of nitrogens with zero attached hydrogens (tertiary/aromatic N) is 3. The van der Waals surface area contributed by atoms with Crippen molar-refractivity contribution in [3.8, 4) is 0 Å². The average molecular weight is 418 g/mol. The molecular formula is C20H26N4O6. The molecule has 1 fully saturated rings. The first kappa shape index (κ1) is 22.9. The first-order valence-electron chi connectivity index (χ1n) is 9.56. The molecule has 1 aromatic rings. The zero-order valence-electron chi connectivity index (χ0n) is 17.2. The van der Waals surface area contributed by atoms with Crippen LogP contribution < -0.4 is 10.2 Å². The van der Waals surface area contributed by atoms with Crippen LogP contribution in [0, 0.1) is 16.0 Å². The van der Waals surface area contributed by atoms with Crippen molar-refractivity contribution in [3.63, 3.8) is 0 Å². The van der Waals surface area contributed by atoms with Crippen molar-refractivity contribution in [1.29, 1.82) is 0 Å². The second kappa shape index (κ2) is 9.86. The van der Waals surface area contributed by atoms with Gasteiger partial charge in [-0.25, -0.2) is 0 Å². The van der Waals surface area contributed by atoms with Gasteiger partial charge in [-0.3, -0.25) is 24.5 Å². The van der Waals surface area contributed by atoms with Crippen LogP contribution in [0.1, 0.15) is 25.3 Å². The van der Waals surface area contributed by atoms with Crippen LogP contribution in [0.2, 0.25) is 0 Å². The number of likely N-dealkylation sites (tertiary alicyclic amines) is 1. The van der Waals surface area contributed by atoms with Crippen LogP contribution in [0.15, 0.2) is 24.3 Å². The second-order valence-electron chi connectivity index (χ2n) is 7.40. The molecule has 2 amide bonds. The van der Waals surface area contributed by atoms with Gasteiger partial charge in [0.2, 0.25) is 11.8 Å². The van der Waals surface area contributed by atoms with E-state index in [1.54, 1.807) is 36.0 Å². The highest BCUT2D eigenvalue weighted by molar-refractivity contribution is 5.92. The molecule has 0 saturated carbocycles. The molecule has 10 heteroatoms. The van der Waals surface area contributed by atoms with Gasteiger partial charge in [-0.05, 0) is 37.5 Å². The molecule has 1 atom stereocenters. The summed E-state index contributed by atoms with van der Waals surface area (Å²) in [5, 5.41) is 22.6. The summed E-state index contributed by atoms with van der Waals surface area (Å²) in [7, 11) is 3.43. The van der Waals surface area contributed by atoms with E-state index in [2.05, 4.69) is 5.32 Å². The molecule has 2 N–H and O–H groups in total. The van der Waals surface area contributed by atoms with E-state index < -0.39 is 16.9 Å². The lowest BCUT2D eigenvalue weighted by molar-refractivity contribution is -0.384. The number of anilines is 1. The van der Waals surface area contributed by atoms with Gasteiger partial charge >= 0.3 is 5.97 Å². The fraction of sp³-hybridized carbons (Fsp3) is 0.450. The number of piperidine rings is 1. The second-order valence-corrected chi connectivity index (χ2v) is 7.40. The fourth-order valence-electron chi connectivity index (χ4n) is 3.20. The van der Waals surface area contributed by atoms with Gasteiger partial charge in [0.15, 0.2) is 0 Å². The third kappa shape index (κ3) is 5.79. The van der Waals surface area contributed by atoms with Gasteiger partial charge in [-0.2, -0.15) is 0 Å². The Morgan fingerprint density at radius 3 is 2.47 bits per heavy atom. The lowest BCUT2D eigenvalue weighted by Gasteiger charge is -2.31. The van der Waals surface area contributed by atoms with Gasteiger partial charge in [0.25, 0.3) is 5.69 Å². The van der Waals surface area contributed by atoms with E-state index >= 15 is 0 Å². The van der Waals surface area contributed by atoms with E-state index in [0.29, 0.717) is 37.2 Å². The molecule has 0 bridgehead atoms. The Morgan fingerprint density at radius 2 is 1.93 bits per heavy atom. The highest BCUT2D eigenvalue weighted by Gasteiger charge is 2.28. The van der Waals surface area contributed by atoms with Crippen molar-refractivity contribution < 1.29 is 24.4 Å². The number of carboxylic acid groups (broad SMARTS) is 1. The predicted molar refractivity (Wildman–Crippen MR) is 111 cm³/mol. The van der Waals surface area contributed by atoms with Gasteiger partial charge in [0.1, 0.15) is 11.7 Å². The first-order chi connectivity index (χ1) is 14.1. The molecule has 0 aromatic heterocycles. The van der Waals surface area contributed by atoms with Gasteiger partial charge in [-0.1, -0.05) is 6.07 Å². The maximum absolute atomic E-state index is 12.4. The summed E-state index contributed by atoms with van der Waals surface area (Å²) in [6, 6.07) is 3.79. The number of aliphatic carboxylic acids is 1. The molecule has 1 aromatic carbocycles. The monoisotopic (exact) mass is 418 g/mol. The number of amides is 2. The number of nitrogens with one attached hydrogen (secondary N) is 1. The van der Waals surface area contributed by atoms with Crippen LogP contribution in [0.25, 0.3) is 6.08 Å². The van der Waals surface area contributed by atoms with Crippen LogP contribution in [0.5, 0.6) is 0 Å². The number of carbonyl (C=O) groups is 3. The molecule has 0 aliphatic carbocycles. The van der Waals surface area contributed by atoms with Crippen molar-refractivity contribution in [2.45, 2.75) is 25.8 Å². The molecule has 0 radical (unpaired) electrons. The molecule has 0 spiro atoms. The molecule has 1 heterocycles. The molecule has 10 nitrogen and oxygen atoms in total. The fourth-order valence-corrected chi connectivity index (χ4v) is 3.20. The van der Waals surface area contributed by atoms with Gasteiger partial charge < -0.3 is 20.2 Å². The predicted octanol–water partition coefficient (Wildman–Crippen LogP) is 1.50. The number of hydrogen-bond acceptors (Lipinski definition) is 6. The third-order valence-corrected chi connectivity index (χ3v) is 5.00. The molecule has 162 valence electrons. The summed E-state index contributed by atoms with van der Waals surface area (Å²) in [5.41, 5.74) is 0.968. The topological polar surface area (TPSA) is 133 Å². The van der Waals surface area contributed by atoms with E-state index in [1.165, 1.54) is 25.1 Å². The van der Waals surface area contributed by atoms with Crippen molar-refractivity contribution in [1.82, 2.24) is 10.2 Å². The van der Waals surface area contributed by atoms with Gasteiger partial charge in [-0.15, -0.1) is 0 Å². The minimum absolute atomic E-state index is 0.0444. The Balaban J connectivity index is 1.96. The highest BCUT2D eigenvalue weighted by atomic mass is 16.6. The Morgan fingerprint density at radius 1 is 1.30 bits per heavy atom. The summed E-state index contributed by atoms with van der Waals surface area (Å²) in [6.45, 7) is 2.16. The number of benzene rings is 1. The van der Waals surface area contributed by atoms with Crippen molar-refractivity contribution in [2.75, 3.05) is 32.1 Å². The lowest BCUT2D eigenvalue weighted by Crippen LogP contribution is -2.46. The zero-order valence-corrected chi connectivity index (χ0v) is 17.2. The van der Waals surface area contributed by atoms with Crippen LogP contribution in [0.4, 0.5) is 11.4 Å². The quantitative estimate of drug-likeness (QED) is 0.389. The standard InChI is InChI=1S/C20H26N4O6/c1-13(20(27)28)21-19(26)15-8-10-23(11-9-15)18(25)7-5-14-4-6-16(22(2)3)17(12-14)24(29)30/h4-7,12-13,15H,8-11H2,1-3H3,(H,21,26)(H,27,28)/b7-5+/t13-/m0/s1. The van der Waals surface area contributed by atoms with E-state index in [-0.39, 0.29) is 23.4 Å². The third-order valence-electron chi connectivity index (χ3n) is 5.00. The normalized spacial score (nSPS) is 15.6. The maximum Gasteiger partial charge on any atom is 0.325 e. The minimum atomic E-state index is -1.10. The van der Waals surface area contributed by atoms with E-state index in [4.69, 9.17) is 5.11 Å². The van der Waals surface area contributed by atoms with Crippen LogP contribution in [0.3, 0.4) is 0 Å². The molecule has 2 rings (SSSR count). The van der Waals surface area contributed by atoms with Gasteiger partial charge in [0.05, 0.1) is 4.92 Å². The zero-order chi connectivity index (χ0) is 22.4. The molecular weight excluding hydrogens is 392 g/mol.